The van der Waals surface area contributed by atoms with E-state index in [1.54, 1.807) is 14.2 Å². The third kappa shape index (κ3) is 7.86. The Morgan fingerprint density at radius 2 is 1.53 bits per heavy atom. The van der Waals surface area contributed by atoms with Crippen LogP contribution in [0.15, 0.2) is 60.7 Å². The molecule has 0 bridgehead atoms. The Labute approximate surface area is 258 Å². The summed E-state index contributed by atoms with van der Waals surface area (Å²) >= 11 is 0. The summed E-state index contributed by atoms with van der Waals surface area (Å²) in [7, 11) is 3.51. The summed E-state index contributed by atoms with van der Waals surface area (Å²) in [6.07, 6.45) is 13.7. The van der Waals surface area contributed by atoms with Gasteiger partial charge in [-0.3, -0.25) is 4.90 Å². The van der Waals surface area contributed by atoms with E-state index in [0.717, 1.165) is 62.6 Å². The highest BCUT2D eigenvalue weighted by Gasteiger charge is 2.41. The van der Waals surface area contributed by atoms with Crippen LogP contribution >= 0.6 is 0 Å². The molecule has 1 saturated carbocycles. The smallest absolute Gasteiger partial charge is 0.120 e. The first-order valence-corrected chi connectivity index (χ1v) is 16.6. The Kier molecular flexibility index (Phi) is 9.77. The molecule has 1 saturated heterocycles. The average molecular weight is 583 g/mol. The first kappa shape index (κ1) is 29.9. The minimum absolute atomic E-state index is 0.387. The maximum atomic E-state index is 6.09. The van der Waals surface area contributed by atoms with Crippen molar-refractivity contribution in [3.8, 4) is 17.2 Å². The molecule has 230 valence electrons. The monoisotopic (exact) mass is 582 g/mol. The maximum absolute atomic E-state index is 6.09. The van der Waals surface area contributed by atoms with Crippen molar-refractivity contribution in [3.05, 3.63) is 82.9 Å². The van der Waals surface area contributed by atoms with E-state index in [1.165, 1.54) is 86.0 Å². The molecule has 3 aromatic rings. The normalized spacial score (nSPS) is 19.6. The predicted octanol–water partition coefficient (Wildman–Crippen LogP) is 8.06. The molecule has 2 aliphatic carbocycles. The Morgan fingerprint density at radius 3 is 2.28 bits per heavy atom. The number of benzene rings is 3. The average Bonchev–Trinajstić information content (AvgIpc) is 3.87. The van der Waals surface area contributed by atoms with E-state index in [2.05, 4.69) is 70.9 Å². The van der Waals surface area contributed by atoms with Crippen LogP contribution in [0.25, 0.3) is 0 Å². The van der Waals surface area contributed by atoms with Crippen LogP contribution in [-0.2, 0) is 19.3 Å². The molecule has 3 aliphatic rings. The summed E-state index contributed by atoms with van der Waals surface area (Å²) in [6.45, 7) is 5.29. The van der Waals surface area contributed by atoms with E-state index in [9.17, 15) is 0 Å². The Balaban J connectivity index is 1.01. The second-order valence-corrected chi connectivity index (χ2v) is 13.1. The zero-order valence-electron chi connectivity index (χ0n) is 26.3. The van der Waals surface area contributed by atoms with E-state index in [-0.39, 0.29) is 0 Å². The van der Waals surface area contributed by atoms with E-state index in [1.807, 2.05) is 0 Å². The van der Waals surface area contributed by atoms with Crippen LogP contribution in [-0.4, -0.2) is 51.9 Å². The summed E-state index contributed by atoms with van der Waals surface area (Å²) in [5.41, 5.74) is 7.34. The molecule has 43 heavy (non-hydrogen) atoms. The Hall–Kier alpha value is -3.18. The van der Waals surface area contributed by atoms with Crippen LogP contribution in [0.5, 0.6) is 17.2 Å². The molecule has 1 atom stereocenters. The van der Waals surface area contributed by atoms with Gasteiger partial charge in [0.05, 0.1) is 14.2 Å². The first-order chi connectivity index (χ1) is 21.1. The lowest BCUT2D eigenvalue weighted by molar-refractivity contribution is 0.214. The summed E-state index contributed by atoms with van der Waals surface area (Å²) in [5, 5.41) is 3.91. The van der Waals surface area contributed by atoms with Gasteiger partial charge in [0.1, 0.15) is 23.9 Å². The van der Waals surface area contributed by atoms with E-state index >= 15 is 0 Å². The highest BCUT2D eigenvalue weighted by atomic mass is 16.5. The van der Waals surface area contributed by atoms with Gasteiger partial charge in [0.2, 0.25) is 0 Å². The van der Waals surface area contributed by atoms with Crippen LogP contribution in [0.3, 0.4) is 0 Å². The summed E-state index contributed by atoms with van der Waals surface area (Å²) in [6, 6.07) is 22.1. The number of rotatable bonds is 13. The molecule has 1 heterocycles. The van der Waals surface area contributed by atoms with Gasteiger partial charge in [-0.05, 0) is 135 Å². The minimum atomic E-state index is 0.387. The summed E-state index contributed by atoms with van der Waals surface area (Å²) < 4.78 is 17.2. The second kappa shape index (κ2) is 14.1. The molecular formula is C38H50N2O3. The SMILES string of the molecule is COc1ccc2c(c1)CCC(c1ccc(OC)cc1NCC1(CCc3ccc(OCCN4CCCCCC4)cc3)CC1)C2. The van der Waals surface area contributed by atoms with Gasteiger partial charge in [0.25, 0.3) is 0 Å². The molecule has 5 nitrogen and oxygen atoms in total. The summed E-state index contributed by atoms with van der Waals surface area (Å²) in [4.78, 5) is 2.56. The van der Waals surface area contributed by atoms with Crippen molar-refractivity contribution >= 4 is 5.69 Å². The van der Waals surface area contributed by atoms with E-state index < -0.39 is 0 Å². The number of hydrogen-bond acceptors (Lipinski definition) is 5. The third-order valence-corrected chi connectivity index (χ3v) is 10.2. The maximum Gasteiger partial charge on any atom is 0.120 e. The quantitative estimate of drug-likeness (QED) is 0.221. The molecule has 0 radical (unpaired) electrons. The molecule has 2 fully saturated rings. The highest BCUT2D eigenvalue weighted by molar-refractivity contribution is 5.58. The topological polar surface area (TPSA) is 43.0 Å². The fourth-order valence-electron chi connectivity index (χ4n) is 7.08. The largest absolute Gasteiger partial charge is 0.497 e. The fourth-order valence-corrected chi connectivity index (χ4v) is 7.08. The molecule has 0 spiro atoms. The molecule has 3 aromatic carbocycles. The Morgan fingerprint density at radius 1 is 0.814 bits per heavy atom. The van der Waals surface area contributed by atoms with Crippen molar-refractivity contribution < 1.29 is 14.2 Å². The van der Waals surface area contributed by atoms with Crippen LogP contribution in [0.1, 0.15) is 79.5 Å². The van der Waals surface area contributed by atoms with Crippen LogP contribution < -0.4 is 19.5 Å². The standard InChI is InChI=1S/C38H50N2O3/c1-41-34-14-11-30-25-32(10-9-31(30)26-34)36-16-15-35(42-2)27-37(36)39-28-38(19-20-38)18-17-29-7-12-33(13-8-29)43-24-23-40-21-5-3-4-6-22-40/h7-8,11-16,26-27,32,39H,3-6,9-10,17-25,28H2,1-2H3. The highest BCUT2D eigenvalue weighted by Crippen LogP contribution is 2.50. The molecule has 6 rings (SSSR count). The van der Waals surface area contributed by atoms with Gasteiger partial charge in [-0.2, -0.15) is 0 Å². The van der Waals surface area contributed by atoms with Crippen LogP contribution in [0.4, 0.5) is 5.69 Å². The van der Waals surface area contributed by atoms with Crippen molar-refractivity contribution in [2.45, 2.75) is 76.5 Å². The van der Waals surface area contributed by atoms with Gasteiger partial charge < -0.3 is 19.5 Å². The molecule has 0 amide bonds. The van der Waals surface area contributed by atoms with Crippen LogP contribution in [0.2, 0.25) is 0 Å². The molecule has 1 aliphatic heterocycles. The van der Waals surface area contributed by atoms with Gasteiger partial charge in [-0.15, -0.1) is 0 Å². The molecule has 0 aromatic heterocycles. The van der Waals surface area contributed by atoms with Gasteiger partial charge >= 0.3 is 0 Å². The number of hydrogen-bond donors (Lipinski definition) is 1. The van der Waals surface area contributed by atoms with Crippen LogP contribution in [0, 0.1) is 5.41 Å². The third-order valence-electron chi connectivity index (χ3n) is 10.2. The fraction of sp³-hybridized carbons (Fsp3) is 0.526. The number of methoxy groups -OCH3 is 2. The lowest BCUT2D eigenvalue weighted by Crippen LogP contribution is -2.29. The molecular weight excluding hydrogens is 532 g/mol. The number of aryl methyl sites for hydroxylation is 2. The minimum Gasteiger partial charge on any atom is -0.497 e. The molecule has 5 heteroatoms. The van der Waals surface area contributed by atoms with E-state index in [0.29, 0.717) is 11.3 Å². The first-order valence-electron chi connectivity index (χ1n) is 16.6. The lowest BCUT2D eigenvalue weighted by atomic mass is 9.79. The number of fused-ring (bicyclic) bond motifs is 1. The van der Waals surface area contributed by atoms with Gasteiger partial charge in [-0.1, -0.05) is 37.1 Å². The number of ether oxygens (including phenoxy) is 3. The van der Waals surface area contributed by atoms with Gasteiger partial charge in [-0.25, -0.2) is 0 Å². The van der Waals surface area contributed by atoms with Gasteiger partial charge in [0.15, 0.2) is 0 Å². The zero-order chi connectivity index (χ0) is 29.5. The second-order valence-electron chi connectivity index (χ2n) is 13.1. The molecule has 1 N–H and O–H groups in total. The Bertz CT molecular complexity index is 1330. The van der Waals surface area contributed by atoms with Crippen molar-refractivity contribution in [1.82, 2.24) is 4.90 Å². The summed E-state index contributed by atoms with van der Waals surface area (Å²) in [5.74, 6) is 3.39. The van der Waals surface area contributed by atoms with Crippen molar-refractivity contribution in [2.75, 3.05) is 52.3 Å². The number of anilines is 1. The molecule has 1 unspecified atom stereocenters. The van der Waals surface area contributed by atoms with Crippen molar-refractivity contribution in [3.63, 3.8) is 0 Å². The van der Waals surface area contributed by atoms with E-state index in [4.69, 9.17) is 14.2 Å². The van der Waals surface area contributed by atoms with Crippen molar-refractivity contribution in [1.29, 1.82) is 0 Å². The lowest BCUT2D eigenvalue weighted by Gasteiger charge is -2.28. The predicted molar refractivity (Wildman–Crippen MR) is 176 cm³/mol. The van der Waals surface area contributed by atoms with Crippen molar-refractivity contribution in [2.24, 2.45) is 5.41 Å². The number of nitrogens with zero attached hydrogens (tertiary/aromatic N) is 1. The zero-order valence-corrected chi connectivity index (χ0v) is 26.3. The number of nitrogens with one attached hydrogen (secondary N) is 1. The van der Waals surface area contributed by atoms with Gasteiger partial charge in [0, 0.05) is 24.8 Å². The number of likely N-dealkylation sites (tertiary alicyclic amines) is 1.